The zero-order valence-electron chi connectivity index (χ0n) is 9.94. The number of halogens is 1. The Morgan fingerprint density at radius 3 is 2.35 bits per heavy atom. The van der Waals surface area contributed by atoms with Gasteiger partial charge in [0.2, 0.25) is 0 Å². The molecule has 0 aliphatic heterocycles. The van der Waals surface area contributed by atoms with Crippen molar-refractivity contribution < 1.29 is 5.32 Å². The van der Waals surface area contributed by atoms with Crippen LogP contribution in [0.25, 0.3) is 0 Å². The smallest absolute Gasteiger partial charge is 0.110 e. The Bertz CT molecular complexity index is 467. The van der Waals surface area contributed by atoms with E-state index in [-0.39, 0.29) is 0 Å². The van der Waals surface area contributed by atoms with E-state index in [9.17, 15) is 0 Å². The van der Waals surface area contributed by atoms with Crippen LogP contribution in [-0.4, -0.2) is 0 Å². The van der Waals surface area contributed by atoms with Crippen LogP contribution in [0.1, 0.15) is 24.1 Å². The molecule has 0 bridgehead atoms. The summed E-state index contributed by atoms with van der Waals surface area (Å²) in [5.74, 6) is 0. The van der Waals surface area contributed by atoms with Gasteiger partial charge in [0.1, 0.15) is 12.6 Å². The Labute approximate surface area is 107 Å². The van der Waals surface area contributed by atoms with Crippen molar-refractivity contribution >= 4 is 11.6 Å². The molecule has 17 heavy (non-hydrogen) atoms. The lowest BCUT2D eigenvalue weighted by atomic mass is 10.1. The summed E-state index contributed by atoms with van der Waals surface area (Å²) in [6.07, 6.45) is 0. The van der Waals surface area contributed by atoms with Crippen LogP contribution in [0.2, 0.25) is 5.02 Å². The molecule has 0 spiro atoms. The molecule has 0 saturated carbocycles. The predicted octanol–water partition coefficient (Wildman–Crippen LogP) is 3.16. The van der Waals surface area contributed by atoms with Crippen molar-refractivity contribution in [3.63, 3.8) is 0 Å². The predicted molar refractivity (Wildman–Crippen MR) is 71.9 cm³/mol. The van der Waals surface area contributed by atoms with Crippen molar-refractivity contribution in [2.24, 2.45) is 0 Å². The van der Waals surface area contributed by atoms with Gasteiger partial charge in [-0.3, -0.25) is 0 Å². The first kappa shape index (κ1) is 12.2. The van der Waals surface area contributed by atoms with Gasteiger partial charge in [-0.1, -0.05) is 60.1 Å². The van der Waals surface area contributed by atoms with E-state index in [1.54, 1.807) is 0 Å². The summed E-state index contributed by atoms with van der Waals surface area (Å²) >= 11 is 6.18. The first-order valence-corrected chi connectivity index (χ1v) is 6.27. The standard InChI is InChI=1S/C15H16ClN/c1-12(14-9-5-6-10-15(14)16)17-11-13-7-3-2-4-8-13/h2-10,12,17H,11H2,1H3/p+1/t12-/m1/s1. The van der Waals surface area contributed by atoms with Crippen LogP contribution >= 0.6 is 11.6 Å². The minimum Gasteiger partial charge on any atom is -0.337 e. The summed E-state index contributed by atoms with van der Waals surface area (Å²) in [6, 6.07) is 18.9. The third-order valence-corrected chi connectivity index (χ3v) is 3.29. The van der Waals surface area contributed by atoms with Crippen molar-refractivity contribution in [1.29, 1.82) is 0 Å². The Hall–Kier alpha value is -1.31. The van der Waals surface area contributed by atoms with Crippen LogP contribution in [-0.2, 0) is 6.54 Å². The minimum absolute atomic E-state index is 0.379. The highest BCUT2D eigenvalue weighted by molar-refractivity contribution is 6.31. The van der Waals surface area contributed by atoms with E-state index in [1.807, 2.05) is 24.3 Å². The van der Waals surface area contributed by atoms with Crippen molar-refractivity contribution in [1.82, 2.24) is 0 Å². The number of hydrogen-bond acceptors (Lipinski definition) is 0. The molecule has 0 aromatic heterocycles. The maximum atomic E-state index is 6.18. The summed E-state index contributed by atoms with van der Waals surface area (Å²) in [5, 5.41) is 3.15. The lowest BCUT2D eigenvalue weighted by Gasteiger charge is -2.12. The van der Waals surface area contributed by atoms with Crippen molar-refractivity contribution in [2.75, 3.05) is 0 Å². The molecule has 0 heterocycles. The molecule has 1 atom stereocenters. The third kappa shape index (κ3) is 3.32. The summed E-state index contributed by atoms with van der Waals surface area (Å²) < 4.78 is 0. The maximum Gasteiger partial charge on any atom is 0.110 e. The van der Waals surface area contributed by atoms with E-state index in [1.165, 1.54) is 11.1 Å². The molecule has 2 heteroatoms. The van der Waals surface area contributed by atoms with Gasteiger partial charge in [-0.05, 0) is 13.0 Å². The Morgan fingerprint density at radius 1 is 1.00 bits per heavy atom. The third-order valence-electron chi connectivity index (χ3n) is 2.95. The average Bonchev–Trinajstić information content (AvgIpc) is 2.38. The lowest BCUT2D eigenvalue weighted by molar-refractivity contribution is -0.707. The first-order valence-electron chi connectivity index (χ1n) is 5.89. The highest BCUT2D eigenvalue weighted by Crippen LogP contribution is 2.19. The van der Waals surface area contributed by atoms with Crippen LogP contribution in [0.15, 0.2) is 54.6 Å². The first-order chi connectivity index (χ1) is 8.27. The van der Waals surface area contributed by atoms with E-state index < -0.39 is 0 Å². The Morgan fingerprint density at radius 2 is 1.65 bits per heavy atom. The molecular weight excluding hydrogens is 230 g/mol. The van der Waals surface area contributed by atoms with Crippen LogP contribution in [0.4, 0.5) is 0 Å². The van der Waals surface area contributed by atoms with E-state index >= 15 is 0 Å². The maximum absolute atomic E-state index is 6.18. The minimum atomic E-state index is 0.379. The summed E-state index contributed by atoms with van der Waals surface area (Å²) in [7, 11) is 0. The molecule has 1 nitrogen and oxygen atoms in total. The Kier molecular flexibility index (Phi) is 4.18. The van der Waals surface area contributed by atoms with Gasteiger partial charge < -0.3 is 5.32 Å². The molecule has 2 N–H and O–H groups in total. The van der Waals surface area contributed by atoms with Crippen LogP contribution < -0.4 is 5.32 Å². The topological polar surface area (TPSA) is 16.6 Å². The number of benzene rings is 2. The van der Waals surface area contributed by atoms with Crippen LogP contribution in [0.5, 0.6) is 0 Å². The molecule has 0 aliphatic carbocycles. The molecule has 0 aliphatic rings. The largest absolute Gasteiger partial charge is 0.337 e. The van der Waals surface area contributed by atoms with E-state index in [0.29, 0.717) is 6.04 Å². The fourth-order valence-corrected chi connectivity index (χ4v) is 2.21. The quantitative estimate of drug-likeness (QED) is 0.854. The monoisotopic (exact) mass is 246 g/mol. The van der Waals surface area contributed by atoms with Gasteiger partial charge in [0.15, 0.2) is 0 Å². The molecule has 2 aromatic carbocycles. The molecule has 0 radical (unpaired) electrons. The summed E-state index contributed by atoms with van der Waals surface area (Å²) in [5.41, 5.74) is 2.54. The van der Waals surface area contributed by atoms with Crippen molar-refractivity contribution in [3.05, 3.63) is 70.7 Å². The fourth-order valence-electron chi connectivity index (χ4n) is 1.90. The molecule has 2 rings (SSSR count). The second-order valence-corrected chi connectivity index (χ2v) is 4.64. The number of rotatable bonds is 4. The Balaban J connectivity index is 1.99. The van der Waals surface area contributed by atoms with Gasteiger partial charge in [0.05, 0.1) is 0 Å². The van der Waals surface area contributed by atoms with E-state index in [4.69, 9.17) is 11.6 Å². The van der Waals surface area contributed by atoms with Crippen molar-refractivity contribution in [2.45, 2.75) is 19.5 Å². The van der Waals surface area contributed by atoms with Crippen LogP contribution in [0, 0.1) is 0 Å². The SMILES string of the molecule is C[C@@H]([NH2+]Cc1ccccc1)c1ccccc1Cl. The van der Waals surface area contributed by atoms with Gasteiger partial charge in [-0.25, -0.2) is 0 Å². The fraction of sp³-hybridized carbons (Fsp3) is 0.200. The van der Waals surface area contributed by atoms with Crippen LogP contribution in [0.3, 0.4) is 0 Å². The number of quaternary nitrogens is 1. The summed E-state index contributed by atoms with van der Waals surface area (Å²) in [4.78, 5) is 0. The molecular formula is C15H17ClN+. The molecule has 0 amide bonds. The molecule has 2 aromatic rings. The van der Waals surface area contributed by atoms with Gasteiger partial charge in [-0.15, -0.1) is 0 Å². The zero-order chi connectivity index (χ0) is 12.1. The lowest BCUT2D eigenvalue weighted by Crippen LogP contribution is -2.83. The highest BCUT2D eigenvalue weighted by Gasteiger charge is 2.11. The van der Waals surface area contributed by atoms with Gasteiger partial charge in [0, 0.05) is 16.1 Å². The molecule has 0 saturated heterocycles. The molecule has 0 fully saturated rings. The molecule has 88 valence electrons. The second kappa shape index (κ2) is 5.85. The molecule has 0 unspecified atom stereocenters. The zero-order valence-corrected chi connectivity index (χ0v) is 10.7. The van der Waals surface area contributed by atoms with Crippen molar-refractivity contribution in [3.8, 4) is 0 Å². The summed E-state index contributed by atoms with van der Waals surface area (Å²) in [6.45, 7) is 3.16. The second-order valence-electron chi connectivity index (χ2n) is 4.24. The average molecular weight is 247 g/mol. The van der Waals surface area contributed by atoms with Gasteiger partial charge >= 0.3 is 0 Å². The van der Waals surface area contributed by atoms with Gasteiger partial charge in [-0.2, -0.15) is 0 Å². The normalized spacial score (nSPS) is 12.4. The van der Waals surface area contributed by atoms with E-state index in [0.717, 1.165) is 11.6 Å². The number of nitrogens with two attached hydrogens (primary N) is 1. The number of hydrogen-bond donors (Lipinski definition) is 1. The van der Waals surface area contributed by atoms with Gasteiger partial charge in [0.25, 0.3) is 0 Å². The highest BCUT2D eigenvalue weighted by atomic mass is 35.5. The van der Waals surface area contributed by atoms with E-state index in [2.05, 4.69) is 42.6 Å².